The van der Waals surface area contributed by atoms with Crippen molar-refractivity contribution in [1.82, 2.24) is 0 Å². The molecule has 6 N–H and O–H groups in total. The number of carbonyl (C=O) groups excluding carboxylic acids is 2. The molecular weight excluding hydrogens is 853 g/mol. The van der Waals surface area contributed by atoms with Crippen molar-refractivity contribution in [2.75, 3.05) is 27.3 Å². The van der Waals surface area contributed by atoms with Gasteiger partial charge in [-0.3, -0.25) is 19.2 Å². The van der Waals surface area contributed by atoms with Crippen LogP contribution in [0.25, 0.3) is 0 Å². The topological polar surface area (TPSA) is 179 Å². The number of unbranched alkanes of at least 4 members (excludes halogenated alkanes) is 14. The Kier molecular flexibility index (Phi) is 38.6. The van der Waals surface area contributed by atoms with Crippen LogP contribution in [-0.4, -0.2) is 61.4 Å². The Morgan fingerprint density at radius 2 is 0.735 bits per heavy atom. The van der Waals surface area contributed by atoms with Crippen molar-refractivity contribution in [2.45, 2.75) is 218 Å². The molecule has 2 aromatic carbocycles. The second kappa shape index (κ2) is 42.1. The van der Waals surface area contributed by atoms with Gasteiger partial charge in [-0.1, -0.05) is 229 Å². The van der Waals surface area contributed by atoms with Gasteiger partial charge in [0.1, 0.15) is 25.0 Å². The zero-order valence-electron chi connectivity index (χ0n) is 43.4. The molecule has 4 aliphatic carbocycles. The summed E-state index contributed by atoms with van der Waals surface area (Å²) in [7, 11) is 3.00. The van der Waals surface area contributed by atoms with Gasteiger partial charge in [0.25, 0.3) is 0 Å². The number of ether oxygens (including phenoxy) is 2. The number of fused-ring (bicyclic) bond motifs is 4. The molecule has 0 spiro atoms. The lowest BCUT2D eigenvalue weighted by Gasteiger charge is -2.16. The van der Waals surface area contributed by atoms with E-state index in [1.807, 2.05) is 12.1 Å². The van der Waals surface area contributed by atoms with Crippen molar-refractivity contribution in [3.8, 4) is 0 Å². The highest BCUT2D eigenvalue weighted by Crippen LogP contribution is 2.42. The molecule has 4 aliphatic rings. The second-order valence-electron chi connectivity index (χ2n) is 19.4. The maximum absolute atomic E-state index is 11.8. The first-order chi connectivity index (χ1) is 33.2. The minimum Gasteiger partial charge on any atom is -0.481 e. The number of hydrogen-bond donors (Lipinski definition) is 4. The molecule has 0 saturated heterocycles. The van der Waals surface area contributed by atoms with Gasteiger partial charge in [0.05, 0.1) is 0 Å². The standard InChI is InChI=1S/C21H32O4.C19H28O4.2C8H14.2CH5N/c1-2-3-4-5-6-7-8-9-13-16-20(22)25-17-19(21(23)24)18-14-11-10-12-15-18;1-2-3-4-5-6-7-11-14-18(20)23-15-17(19(21)22)16-12-9-8-10-13-16;2*1-2-7-4-5-8(3-1)6-7;2*1-2/h10-12,14-15,19H,2-9,13,16-17H2,1H3,(H,23,24);8-10,12-13,17H,2-7,11,14-15H2,1H3,(H,21,22);2*7-8H,1-6H2;2*2H2,1H3. The number of benzene rings is 2. The third-order valence-electron chi connectivity index (χ3n) is 14.0. The van der Waals surface area contributed by atoms with Gasteiger partial charge in [-0.05, 0) is 74.6 Å². The Labute approximate surface area is 413 Å². The lowest BCUT2D eigenvalue weighted by atomic mass is 9.89. The third kappa shape index (κ3) is 30.0. The number of carbonyl (C=O) groups is 4. The third-order valence-corrected chi connectivity index (χ3v) is 14.0. The summed E-state index contributed by atoms with van der Waals surface area (Å²) in [6.45, 7) is 4.21. The van der Waals surface area contributed by atoms with Crippen LogP contribution in [0.5, 0.6) is 0 Å². The van der Waals surface area contributed by atoms with Gasteiger partial charge in [0.2, 0.25) is 0 Å². The second-order valence-corrected chi connectivity index (χ2v) is 19.4. The molecule has 68 heavy (non-hydrogen) atoms. The highest BCUT2D eigenvalue weighted by Gasteiger charge is 2.29. The summed E-state index contributed by atoms with van der Waals surface area (Å²) in [6, 6.07) is 17.8. The maximum Gasteiger partial charge on any atom is 0.314 e. The SMILES string of the molecule is C1CC2CCC(C1)C2.C1CC2CCC(C1)C2.CCCCCCCCCC(=O)OCC(C(=O)O)c1ccccc1.CCCCCCCCCCCC(=O)OCC(C(=O)O)c1ccccc1.CN.CN. The first kappa shape index (κ1) is 62.3. The number of aliphatic carboxylic acids is 2. The summed E-state index contributed by atoms with van der Waals surface area (Å²) in [4.78, 5) is 46.2. The van der Waals surface area contributed by atoms with Gasteiger partial charge in [-0.25, -0.2) is 0 Å². The summed E-state index contributed by atoms with van der Waals surface area (Å²) in [5.41, 5.74) is 10.3. The first-order valence-corrected chi connectivity index (χ1v) is 27.2. The van der Waals surface area contributed by atoms with Gasteiger partial charge in [-0.2, -0.15) is 0 Å². The highest BCUT2D eigenvalue weighted by atomic mass is 16.5. The van der Waals surface area contributed by atoms with E-state index in [1.54, 1.807) is 113 Å². The fourth-order valence-corrected chi connectivity index (χ4v) is 10.1. The van der Waals surface area contributed by atoms with E-state index in [0.29, 0.717) is 24.0 Å². The van der Waals surface area contributed by atoms with E-state index in [0.717, 1.165) is 62.2 Å². The van der Waals surface area contributed by atoms with E-state index in [-0.39, 0.29) is 25.2 Å². The van der Waals surface area contributed by atoms with Crippen LogP contribution in [-0.2, 0) is 28.7 Å². The van der Waals surface area contributed by atoms with Crippen molar-refractivity contribution in [3.05, 3.63) is 71.8 Å². The Hall–Kier alpha value is -3.76. The van der Waals surface area contributed by atoms with Crippen molar-refractivity contribution in [3.63, 3.8) is 0 Å². The normalized spacial score (nSPS) is 19.1. The summed E-state index contributed by atoms with van der Waals surface area (Å²) >= 11 is 0. The molecule has 6 atom stereocenters. The lowest BCUT2D eigenvalue weighted by Crippen LogP contribution is -2.20. The van der Waals surface area contributed by atoms with Gasteiger partial charge in [-0.15, -0.1) is 0 Å². The molecule has 388 valence electrons. The highest BCUT2D eigenvalue weighted by molar-refractivity contribution is 5.78. The largest absolute Gasteiger partial charge is 0.481 e. The molecule has 4 saturated carbocycles. The molecule has 0 radical (unpaired) electrons. The predicted octanol–water partition coefficient (Wildman–Crippen LogP) is 14.2. The number of nitrogens with two attached hydrogens (primary N) is 2. The van der Waals surface area contributed by atoms with Crippen LogP contribution < -0.4 is 11.5 Å². The van der Waals surface area contributed by atoms with Crippen LogP contribution in [0.15, 0.2) is 60.7 Å². The molecule has 6 rings (SSSR count). The van der Waals surface area contributed by atoms with Gasteiger partial charge in [0.15, 0.2) is 0 Å². The smallest absolute Gasteiger partial charge is 0.314 e. The van der Waals surface area contributed by atoms with Crippen LogP contribution in [0.1, 0.15) is 229 Å². The zero-order valence-corrected chi connectivity index (χ0v) is 43.4. The molecule has 2 aromatic rings. The molecular formula is C58H98N2O8. The summed E-state index contributed by atoms with van der Waals surface area (Å²) < 4.78 is 10.3. The molecule has 0 aliphatic heterocycles. The Bertz CT molecular complexity index is 1470. The van der Waals surface area contributed by atoms with Crippen molar-refractivity contribution >= 4 is 23.9 Å². The quantitative estimate of drug-likeness (QED) is 0.0524. The van der Waals surface area contributed by atoms with E-state index in [2.05, 4.69) is 25.3 Å². The molecule has 10 nitrogen and oxygen atoms in total. The van der Waals surface area contributed by atoms with Crippen molar-refractivity contribution in [1.29, 1.82) is 0 Å². The fraction of sp³-hybridized carbons (Fsp3) is 0.724. The van der Waals surface area contributed by atoms with Crippen LogP contribution >= 0.6 is 0 Å². The van der Waals surface area contributed by atoms with Crippen LogP contribution in [0.3, 0.4) is 0 Å². The molecule has 4 fully saturated rings. The van der Waals surface area contributed by atoms with Crippen molar-refractivity contribution < 1.29 is 38.9 Å². The molecule has 0 heterocycles. The van der Waals surface area contributed by atoms with Gasteiger partial charge >= 0.3 is 23.9 Å². The minimum atomic E-state index is -0.972. The number of carboxylic acid groups (broad SMARTS) is 2. The number of rotatable bonds is 26. The summed E-state index contributed by atoms with van der Waals surface area (Å²) in [5.74, 6) is 0.500. The van der Waals surface area contributed by atoms with Crippen LogP contribution in [0.2, 0.25) is 0 Å². The average molecular weight is 951 g/mol. The van der Waals surface area contributed by atoms with Crippen LogP contribution in [0, 0.1) is 23.7 Å². The predicted molar refractivity (Wildman–Crippen MR) is 280 cm³/mol. The van der Waals surface area contributed by atoms with E-state index in [9.17, 15) is 29.4 Å². The maximum atomic E-state index is 11.8. The van der Waals surface area contributed by atoms with Crippen LogP contribution in [0.4, 0.5) is 0 Å². The zero-order chi connectivity index (χ0) is 50.0. The Morgan fingerprint density at radius 3 is 1.00 bits per heavy atom. The Morgan fingerprint density at radius 1 is 0.456 bits per heavy atom. The molecule has 10 heteroatoms. The summed E-state index contributed by atoms with van der Waals surface area (Å²) in [6.07, 6.45) is 38.2. The van der Waals surface area contributed by atoms with E-state index in [1.165, 1.54) is 91.1 Å². The lowest BCUT2D eigenvalue weighted by molar-refractivity contribution is -0.150. The number of carboxylic acids is 2. The average Bonchev–Trinajstić information content (AvgIpc) is 3.88. The molecule has 4 bridgehead atoms. The Balaban J connectivity index is 0.000000484. The van der Waals surface area contributed by atoms with E-state index >= 15 is 0 Å². The monoisotopic (exact) mass is 951 g/mol. The number of esters is 2. The fourth-order valence-electron chi connectivity index (χ4n) is 10.1. The molecule has 6 unspecified atom stereocenters. The summed E-state index contributed by atoms with van der Waals surface area (Å²) in [5, 5.41) is 18.6. The number of hydrogen-bond acceptors (Lipinski definition) is 8. The first-order valence-electron chi connectivity index (χ1n) is 27.2. The minimum absolute atomic E-state index is 0.102. The van der Waals surface area contributed by atoms with Gasteiger partial charge < -0.3 is 31.2 Å². The molecule has 0 aromatic heterocycles. The molecule has 0 amide bonds. The van der Waals surface area contributed by atoms with E-state index in [4.69, 9.17) is 9.47 Å². The van der Waals surface area contributed by atoms with E-state index < -0.39 is 23.8 Å². The van der Waals surface area contributed by atoms with Gasteiger partial charge in [0, 0.05) is 12.8 Å². The van der Waals surface area contributed by atoms with Crippen molar-refractivity contribution in [2.24, 2.45) is 35.1 Å².